The minimum atomic E-state index is -0.563. The minimum absolute atomic E-state index is 0.0552. The predicted molar refractivity (Wildman–Crippen MR) is 113 cm³/mol. The van der Waals surface area contributed by atoms with Gasteiger partial charge in [-0.15, -0.1) is 11.5 Å². The average molecular weight is 401 g/mol. The first-order chi connectivity index (χ1) is 13.0. The molecule has 27 heavy (non-hydrogen) atoms. The summed E-state index contributed by atoms with van der Waals surface area (Å²) < 4.78 is 0. The van der Waals surface area contributed by atoms with E-state index in [-0.39, 0.29) is 33.3 Å². The summed E-state index contributed by atoms with van der Waals surface area (Å²) in [4.78, 5) is 2.60. The standard InChI is InChI=1S/C23H28O2S2/c1-23(2,19-15-17(7-9-21(19)24)26-11-3-4-12-26)20-16-18(8-10-22(20)25)27-13-5-6-14-27/h7-10,15-16H,3-6,11-14H2,1-2H3. The van der Waals surface area contributed by atoms with Crippen molar-refractivity contribution in [2.75, 3.05) is 23.0 Å². The van der Waals surface area contributed by atoms with Gasteiger partial charge in [-0.3, -0.25) is 0 Å². The molecule has 2 saturated heterocycles. The van der Waals surface area contributed by atoms with E-state index in [1.807, 2.05) is 26.0 Å². The van der Waals surface area contributed by atoms with E-state index in [0.717, 1.165) is 11.1 Å². The SMILES string of the molecule is CC(C)(c1cc([S+]2CCCC2)ccc1[O-])c1cc([S+]2CCCC2)ccc1[O-]. The second-order valence-electron chi connectivity index (χ2n) is 8.16. The zero-order valence-electron chi connectivity index (χ0n) is 16.3. The summed E-state index contributed by atoms with van der Waals surface area (Å²) in [6, 6.07) is 11.7. The second-order valence-corrected chi connectivity index (χ2v) is 12.7. The van der Waals surface area contributed by atoms with Gasteiger partial charge in [-0.1, -0.05) is 26.0 Å². The molecule has 0 aromatic heterocycles. The van der Waals surface area contributed by atoms with E-state index in [9.17, 15) is 10.2 Å². The zero-order valence-corrected chi connectivity index (χ0v) is 17.9. The largest absolute Gasteiger partial charge is 0.872 e. The molecule has 2 aromatic rings. The van der Waals surface area contributed by atoms with Crippen molar-refractivity contribution < 1.29 is 10.2 Å². The first kappa shape index (κ1) is 19.1. The normalized spacial score (nSPS) is 19.0. The quantitative estimate of drug-likeness (QED) is 0.735. The fourth-order valence-electron chi connectivity index (χ4n) is 4.28. The van der Waals surface area contributed by atoms with Gasteiger partial charge in [-0.2, -0.15) is 0 Å². The Balaban J connectivity index is 1.74. The number of hydrogen-bond donors (Lipinski definition) is 0. The van der Waals surface area contributed by atoms with Crippen LogP contribution in [0.3, 0.4) is 0 Å². The molecule has 0 unspecified atom stereocenters. The van der Waals surface area contributed by atoms with Crippen molar-refractivity contribution in [3.63, 3.8) is 0 Å². The first-order valence-electron chi connectivity index (χ1n) is 9.95. The van der Waals surface area contributed by atoms with E-state index in [4.69, 9.17) is 0 Å². The molecule has 0 saturated carbocycles. The molecular weight excluding hydrogens is 372 g/mol. The summed E-state index contributed by atoms with van der Waals surface area (Å²) in [7, 11) is 0.545. The maximum Gasteiger partial charge on any atom is 0.155 e. The van der Waals surface area contributed by atoms with Crippen LogP contribution in [0, 0.1) is 0 Å². The Bertz CT molecular complexity index is 752. The van der Waals surface area contributed by atoms with E-state index in [0.29, 0.717) is 0 Å². The fourth-order valence-corrected chi connectivity index (χ4v) is 8.93. The summed E-state index contributed by atoms with van der Waals surface area (Å²) in [5.74, 6) is 5.07. The third kappa shape index (κ3) is 3.71. The molecule has 0 N–H and O–H groups in total. The smallest absolute Gasteiger partial charge is 0.155 e. The number of rotatable bonds is 4. The average Bonchev–Trinajstić information content (AvgIpc) is 3.36. The minimum Gasteiger partial charge on any atom is -0.872 e. The second kappa shape index (κ2) is 7.63. The monoisotopic (exact) mass is 400 g/mol. The Morgan fingerprint density at radius 1 is 0.667 bits per heavy atom. The van der Waals surface area contributed by atoms with E-state index >= 15 is 0 Å². The Morgan fingerprint density at radius 3 is 1.41 bits per heavy atom. The highest BCUT2D eigenvalue weighted by molar-refractivity contribution is 7.97. The summed E-state index contributed by atoms with van der Waals surface area (Å²) in [5, 5.41) is 25.5. The molecule has 2 aliphatic heterocycles. The van der Waals surface area contributed by atoms with Gasteiger partial charge in [-0.25, -0.2) is 0 Å². The van der Waals surface area contributed by atoms with E-state index in [2.05, 4.69) is 12.1 Å². The van der Waals surface area contributed by atoms with Crippen LogP contribution in [0.4, 0.5) is 0 Å². The topological polar surface area (TPSA) is 46.1 Å². The Labute approximate surface area is 168 Å². The van der Waals surface area contributed by atoms with Gasteiger partial charge in [0.05, 0.1) is 0 Å². The molecule has 0 spiro atoms. The molecule has 0 aliphatic carbocycles. The lowest BCUT2D eigenvalue weighted by atomic mass is 9.77. The van der Waals surface area contributed by atoms with Crippen molar-refractivity contribution in [2.24, 2.45) is 0 Å². The molecule has 0 amide bonds. The highest BCUT2D eigenvalue weighted by atomic mass is 32.2. The van der Waals surface area contributed by atoms with Crippen LogP contribution in [-0.4, -0.2) is 23.0 Å². The maximum atomic E-state index is 12.8. The van der Waals surface area contributed by atoms with Crippen LogP contribution in [0.2, 0.25) is 0 Å². The van der Waals surface area contributed by atoms with Crippen LogP contribution >= 0.6 is 0 Å². The van der Waals surface area contributed by atoms with Crippen LogP contribution in [0.1, 0.15) is 50.7 Å². The lowest BCUT2D eigenvalue weighted by Crippen LogP contribution is -2.24. The maximum absolute atomic E-state index is 12.8. The van der Waals surface area contributed by atoms with Crippen molar-refractivity contribution in [1.82, 2.24) is 0 Å². The lowest BCUT2D eigenvalue weighted by molar-refractivity contribution is -0.271. The molecule has 0 radical (unpaired) electrons. The van der Waals surface area contributed by atoms with Gasteiger partial charge in [0.1, 0.15) is 23.0 Å². The molecule has 0 atom stereocenters. The Hall–Kier alpha value is -1.26. The van der Waals surface area contributed by atoms with Gasteiger partial charge < -0.3 is 10.2 Å². The van der Waals surface area contributed by atoms with Gasteiger partial charge in [0, 0.05) is 27.2 Å². The van der Waals surface area contributed by atoms with Crippen LogP contribution in [-0.2, 0) is 27.2 Å². The zero-order chi connectivity index (χ0) is 19.0. The van der Waals surface area contributed by atoms with Crippen LogP contribution in [0.15, 0.2) is 46.2 Å². The van der Waals surface area contributed by atoms with Gasteiger partial charge >= 0.3 is 0 Å². The molecule has 0 bridgehead atoms. The highest BCUT2D eigenvalue weighted by Gasteiger charge is 2.33. The lowest BCUT2D eigenvalue weighted by Gasteiger charge is -2.34. The van der Waals surface area contributed by atoms with Crippen molar-refractivity contribution in [3.05, 3.63) is 47.5 Å². The number of hydrogen-bond acceptors (Lipinski definition) is 2. The summed E-state index contributed by atoms with van der Waals surface area (Å²) in [6.45, 7) is 4.09. The van der Waals surface area contributed by atoms with Crippen molar-refractivity contribution in [3.8, 4) is 11.5 Å². The van der Waals surface area contributed by atoms with Crippen molar-refractivity contribution in [2.45, 2.75) is 54.7 Å². The van der Waals surface area contributed by atoms with Gasteiger partial charge in [-0.05, 0) is 61.1 Å². The molecule has 4 heteroatoms. The molecule has 2 fully saturated rings. The van der Waals surface area contributed by atoms with Crippen LogP contribution in [0.25, 0.3) is 0 Å². The molecule has 2 nitrogen and oxygen atoms in total. The van der Waals surface area contributed by atoms with E-state index in [1.54, 1.807) is 12.1 Å². The van der Waals surface area contributed by atoms with Crippen molar-refractivity contribution in [1.29, 1.82) is 0 Å². The summed E-state index contributed by atoms with van der Waals surface area (Å²) >= 11 is 0. The molecule has 144 valence electrons. The Morgan fingerprint density at radius 2 is 1.04 bits per heavy atom. The summed E-state index contributed by atoms with van der Waals surface area (Å²) in [6.07, 6.45) is 5.15. The third-order valence-electron chi connectivity index (χ3n) is 5.98. The molecule has 2 aromatic carbocycles. The van der Waals surface area contributed by atoms with Gasteiger partial charge in [0.15, 0.2) is 9.79 Å². The van der Waals surface area contributed by atoms with Crippen molar-refractivity contribution >= 4 is 21.8 Å². The molecule has 2 heterocycles. The number of benzene rings is 2. The highest BCUT2D eigenvalue weighted by Crippen LogP contribution is 2.42. The molecular formula is C23H28O2S2. The third-order valence-corrected chi connectivity index (χ3v) is 10.9. The van der Waals surface area contributed by atoms with Gasteiger partial charge in [0.2, 0.25) is 0 Å². The summed E-state index contributed by atoms with van der Waals surface area (Å²) in [5.41, 5.74) is 0.999. The van der Waals surface area contributed by atoms with Crippen LogP contribution < -0.4 is 10.2 Å². The van der Waals surface area contributed by atoms with Crippen LogP contribution in [0.5, 0.6) is 11.5 Å². The van der Waals surface area contributed by atoms with Gasteiger partial charge in [0.25, 0.3) is 0 Å². The first-order valence-corrected chi connectivity index (χ1v) is 13.1. The van der Waals surface area contributed by atoms with E-state index < -0.39 is 5.41 Å². The van der Waals surface area contributed by atoms with E-state index in [1.165, 1.54) is 58.5 Å². The fraction of sp³-hybridized carbons (Fsp3) is 0.478. The predicted octanol–water partition coefficient (Wildman–Crippen LogP) is 3.70. The molecule has 2 aliphatic rings. The molecule has 4 rings (SSSR count). The Kier molecular flexibility index (Phi) is 5.39.